The van der Waals surface area contributed by atoms with Crippen LogP contribution in [0.1, 0.15) is 19.8 Å². The molecule has 0 unspecified atom stereocenters. The van der Waals surface area contributed by atoms with Gasteiger partial charge in [-0.25, -0.2) is 4.99 Å². The first-order valence-corrected chi connectivity index (χ1v) is 7.89. The van der Waals surface area contributed by atoms with E-state index in [0.717, 1.165) is 18.9 Å². The van der Waals surface area contributed by atoms with E-state index in [-0.39, 0.29) is 11.6 Å². The lowest BCUT2D eigenvalue weighted by molar-refractivity contribution is -0.401. The first-order chi connectivity index (χ1) is 12.1. The van der Waals surface area contributed by atoms with Crippen LogP contribution in [0.15, 0.2) is 33.7 Å². The fourth-order valence-corrected chi connectivity index (χ4v) is 2.82. The summed E-state index contributed by atoms with van der Waals surface area (Å²) in [6, 6.07) is 6.26. The lowest BCUT2D eigenvalue weighted by Gasteiger charge is -2.16. The number of likely N-dealkylation sites (tertiary alicyclic amines) is 1. The van der Waals surface area contributed by atoms with E-state index in [2.05, 4.69) is 25.2 Å². The van der Waals surface area contributed by atoms with Gasteiger partial charge in [-0.3, -0.25) is 10.1 Å². The van der Waals surface area contributed by atoms with Gasteiger partial charge in [0.2, 0.25) is 5.82 Å². The summed E-state index contributed by atoms with van der Waals surface area (Å²) in [5.74, 6) is 1.58. The van der Waals surface area contributed by atoms with E-state index >= 15 is 0 Å². The molecule has 0 atom stereocenters. The van der Waals surface area contributed by atoms with Crippen molar-refractivity contribution in [3.8, 4) is 11.6 Å². The van der Waals surface area contributed by atoms with Gasteiger partial charge in [0.25, 0.3) is 0 Å². The molecule has 1 fully saturated rings. The van der Waals surface area contributed by atoms with Gasteiger partial charge in [-0.1, -0.05) is 0 Å². The Bertz CT molecular complexity index is 969. The van der Waals surface area contributed by atoms with Crippen molar-refractivity contribution in [1.82, 2.24) is 24.7 Å². The van der Waals surface area contributed by atoms with E-state index in [1.807, 2.05) is 6.92 Å². The molecule has 10 nitrogen and oxygen atoms in total. The van der Waals surface area contributed by atoms with E-state index in [9.17, 15) is 10.1 Å². The predicted octanol–water partition coefficient (Wildman–Crippen LogP) is 2.44. The summed E-state index contributed by atoms with van der Waals surface area (Å²) in [4.78, 5) is 17.0. The molecule has 1 saturated heterocycles. The van der Waals surface area contributed by atoms with Gasteiger partial charge in [0.05, 0.1) is 6.07 Å². The van der Waals surface area contributed by atoms with Crippen LogP contribution in [0.4, 0.5) is 11.7 Å². The summed E-state index contributed by atoms with van der Waals surface area (Å²) in [5, 5.41) is 23.2. The minimum absolute atomic E-state index is 0.226. The first kappa shape index (κ1) is 15.2. The number of nitro groups is 1. The molecule has 4 rings (SSSR count). The Morgan fingerprint density at radius 2 is 2.04 bits per heavy atom. The van der Waals surface area contributed by atoms with Crippen molar-refractivity contribution in [3.63, 3.8) is 0 Å². The van der Waals surface area contributed by atoms with Gasteiger partial charge < -0.3 is 9.32 Å². The molecule has 3 aromatic heterocycles. The largest absolute Gasteiger partial charge is 0.433 e. The van der Waals surface area contributed by atoms with Gasteiger partial charge in [0.1, 0.15) is 10.8 Å². The molecule has 4 heterocycles. The van der Waals surface area contributed by atoms with Crippen LogP contribution in [-0.2, 0) is 0 Å². The van der Waals surface area contributed by atoms with Crippen molar-refractivity contribution < 1.29 is 9.34 Å². The van der Waals surface area contributed by atoms with Crippen molar-refractivity contribution in [2.45, 2.75) is 19.8 Å². The normalized spacial score (nSPS) is 15.2. The Morgan fingerprint density at radius 3 is 2.76 bits per heavy atom. The molecular weight excluding hydrogens is 326 g/mol. The third-order valence-corrected chi connectivity index (χ3v) is 4.08. The van der Waals surface area contributed by atoms with Crippen molar-refractivity contribution in [1.29, 1.82) is 0 Å². The standard InChI is InChI=1S/C15H15N7O3/c1-10(20-8-2-3-9-20)16-12-5-6-13-17-18-15(21(13)19-12)11-4-7-14(25-11)22(23)24/h4-7H,2-3,8-9H2,1H3. The van der Waals surface area contributed by atoms with Crippen molar-refractivity contribution in [3.05, 3.63) is 34.4 Å². The number of furan rings is 1. The summed E-state index contributed by atoms with van der Waals surface area (Å²) >= 11 is 0. The number of nitrogens with zero attached hydrogens (tertiary/aromatic N) is 7. The van der Waals surface area contributed by atoms with Crippen molar-refractivity contribution >= 4 is 23.2 Å². The predicted molar refractivity (Wildman–Crippen MR) is 88.7 cm³/mol. The van der Waals surface area contributed by atoms with Crippen LogP contribution in [0, 0.1) is 10.1 Å². The van der Waals surface area contributed by atoms with E-state index in [0.29, 0.717) is 17.3 Å². The summed E-state index contributed by atoms with van der Waals surface area (Å²) in [6.07, 6.45) is 2.35. The molecule has 0 spiro atoms. The summed E-state index contributed by atoms with van der Waals surface area (Å²) in [5.41, 5.74) is 0.506. The Labute approximate surface area is 141 Å². The molecule has 1 aliphatic rings. The van der Waals surface area contributed by atoms with Crippen molar-refractivity contribution in [2.75, 3.05) is 13.1 Å². The SMILES string of the molecule is CC(=Nc1ccc2nnc(-c3ccc([N+](=O)[O-])o3)n2n1)N1CCCC1. The fourth-order valence-electron chi connectivity index (χ4n) is 2.82. The van der Waals surface area contributed by atoms with Gasteiger partial charge in [0.15, 0.2) is 17.2 Å². The summed E-state index contributed by atoms with van der Waals surface area (Å²) < 4.78 is 6.66. The monoisotopic (exact) mass is 341 g/mol. The molecule has 0 aliphatic carbocycles. The molecule has 0 amide bonds. The summed E-state index contributed by atoms with van der Waals surface area (Å²) in [6.45, 7) is 3.97. The van der Waals surface area contributed by atoms with E-state index in [1.165, 1.54) is 29.5 Å². The second kappa shape index (κ2) is 5.96. The maximum atomic E-state index is 10.8. The zero-order chi connectivity index (χ0) is 17.4. The third-order valence-electron chi connectivity index (χ3n) is 4.08. The number of hydrogen-bond donors (Lipinski definition) is 0. The molecule has 10 heteroatoms. The van der Waals surface area contributed by atoms with E-state index in [4.69, 9.17) is 4.42 Å². The van der Waals surface area contributed by atoms with Crippen LogP contribution in [0.5, 0.6) is 0 Å². The number of aromatic nitrogens is 4. The zero-order valence-electron chi connectivity index (χ0n) is 13.5. The van der Waals surface area contributed by atoms with Crippen LogP contribution in [0.2, 0.25) is 0 Å². The van der Waals surface area contributed by atoms with Crippen LogP contribution in [-0.4, -0.2) is 48.6 Å². The number of aliphatic imine (C=N–C) groups is 1. The van der Waals surface area contributed by atoms with Gasteiger partial charge in [-0.05, 0) is 38.0 Å². The maximum Gasteiger partial charge on any atom is 0.433 e. The van der Waals surface area contributed by atoms with Crippen LogP contribution >= 0.6 is 0 Å². The Morgan fingerprint density at radius 1 is 1.24 bits per heavy atom. The summed E-state index contributed by atoms with van der Waals surface area (Å²) in [7, 11) is 0. The molecule has 128 valence electrons. The zero-order valence-corrected chi connectivity index (χ0v) is 13.5. The van der Waals surface area contributed by atoms with Crippen LogP contribution < -0.4 is 0 Å². The number of hydrogen-bond acceptors (Lipinski definition) is 7. The maximum absolute atomic E-state index is 10.8. The fraction of sp³-hybridized carbons (Fsp3) is 0.333. The molecule has 0 N–H and O–H groups in total. The lowest BCUT2D eigenvalue weighted by Crippen LogP contribution is -2.24. The first-order valence-electron chi connectivity index (χ1n) is 7.89. The molecule has 0 aromatic carbocycles. The van der Waals surface area contributed by atoms with Crippen molar-refractivity contribution in [2.24, 2.45) is 4.99 Å². The Balaban J connectivity index is 1.72. The van der Waals surface area contributed by atoms with Crippen LogP contribution in [0.25, 0.3) is 17.2 Å². The highest BCUT2D eigenvalue weighted by molar-refractivity contribution is 5.82. The molecule has 0 radical (unpaired) electrons. The smallest absolute Gasteiger partial charge is 0.397 e. The number of fused-ring (bicyclic) bond motifs is 1. The third kappa shape index (κ3) is 2.82. The molecule has 1 aliphatic heterocycles. The highest BCUT2D eigenvalue weighted by Crippen LogP contribution is 2.25. The van der Waals surface area contributed by atoms with Gasteiger partial charge in [-0.15, -0.1) is 15.3 Å². The second-order valence-electron chi connectivity index (χ2n) is 5.73. The topological polar surface area (TPSA) is 115 Å². The quantitative estimate of drug-likeness (QED) is 0.311. The Hall–Kier alpha value is -3.30. The van der Waals surface area contributed by atoms with Gasteiger partial charge >= 0.3 is 5.88 Å². The Kier molecular flexibility index (Phi) is 3.64. The molecular formula is C15H15N7O3. The van der Waals surface area contributed by atoms with E-state index in [1.54, 1.807) is 12.1 Å². The second-order valence-corrected chi connectivity index (χ2v) is 5.73. The molecule has 0 saturated carbocycles. The molecule has 0 bridgehead atoms. The van der Waals surface area contributed by atoms with E-state index < -0.39 is 4.92 Å². The minimum Gasteiger partial charge on any atom is -0.397 e. The highest BCUT2D eigenvalue weighted by atomic mass is 16.6. The lowest BCUT2D eigenvalue weighted by atomic mass is 10.4. The average molecular weight is 341 g/mol. The number of amidine groups is 1. The average Bonchev–Trinajstić information content (AvgIpc) is 3.33. The minimum atomic E-state index is -0.602. The van der Waals surface area contributed by atoms with Crippen LogP contribution in [0.3, 0.4) is 0 Å². The van der Waals surface area contributed by atoms with Gasteiger partial charge in [0, 0.05) is 13.1 Å². The number of rotatable bonds is 3. The highest BCUT2D eigenvalue weighted by Gasteiger charge is 2.18. The van der Waals surface area contributed by atoms with Gasteiger partial charge in [-0.2, -0.15) is 4.52 Å². The molecule has 3 aromatic rings. The molecule has 25 heavy (non-hydrogen) atoms.